The molecule has 0 saturated heterocycles. The number of benzene rings is 3. The SMILES string of the molecule is CCCOc1ccc(C(=O)Nc2ccc3oc(-c4cc(C)cc(C)c4)nc3c2)cc1. The summed E-state index contributed by atoms with van der Waals surface area (Å²) in [6.07, 6.45) is 0.942. The Bertz CT molecular complexity index is 1170. The van der Waals surface area contributed by atoms with Crippen LogP contribution in [0, 0.1) is 13.8 Å². The fourth-order valence-electron chi connectivity index (χ4n) is 3.35. The number of ether oxygens (including phenoxy) is 1. The highest BCUT2D eigenvalue weighted by Gasteiger charge is 2.12. The van der Waals surface area contributed by atoms with Crippen molar-refractivity contribution in [1.82, 2.24) is 4.98 Å². The second-order valence-corrected chi connectivity index (χ2v) is 7.40. The summed E-state index contributed by atoms with van der Waals surface area (Å²) < 4.78 is 11.5. The molecule has 0 aliphatic heterocycles. The van der Waals surface area contributed by atoms with Gasteiger partial charge in [0.25, 0.3) is 5.91 Å². The molecule has 152 valence electrons. The standard InChI is InChI=1S/C25H24N2O3/c1-4-11-29-21-8-5-18(6-9-21)24(28)26-20-7-10-23-22(15-20)27-25(30-23)19-13-16(2)12-17(3)14-19/h5-10,12-15H,4,11H2,1-3H3,(H,26,28). The number of nitrogens with zero attached hydrogens (tertiary/aromatic N) is 1. The average molecular weight is 400 g/mol. The van der Waals surface area contributed by atoms with Crippen molar-refractivity contribution < 1.29 is 13.9 Å². The van der Waals surface area contributed by atoms with Gasteiger partial charge in [-0.15, -0.1) is 0 Å². The quantitative estimate of drug-likeness (QED) is 0.421. The Balaban J connectivity index is 1.53. The van der Waals surface area contributed by atoms with Crippen LogP contribution >= 0.6 is 0 Å². The second-order valence-electron chi connectivity index (χ2n) is 7.40. The van der Waals surface area contributed by atoms with E-state index in [1.54, 1.807) is 12.1 Å². The van der Waals surface area contributed by atoms with Crippen LogP contribution in [0.1, 0.15) is 34.8 Å². The van der Waals surface area contributed by atoms with Gasteiger partial charge in [0.1, 0.15) is 11.3 Å². The number of carbonyl (C=O) groups excluding carboxylic acids is 1. The van der Waals surface area contributed by atoms with Crippen LogP contribution in [-0.4, -0.2) is 17.5 Å². The molecule has 0 spiro atoms. The monoisotopic (exact) mass is 400 g/mol. The molecule has 1 amide bonds. The van der Waals surface area contributed by atoms with Crippen molar-refractivity contribution in [2.45, 2.75) is 27.2 Å². The van der Waals surface area contributed by atoms with Crippen molar-refractivity contribution >= 4 is 22.7 Å². The summed E-state index contributed by atoms with van der Waals surface area (Å²) in [5.41, 5.74) is 5.87. The fraction of sp³-hybridized carbons (Fsp3) is 0.200. The van der Waals surface area contributed by atoms with E-state index in [-0.39, 0.29) is 5.91 Å². The molecule has 1 heterocycles. The van der Waals surface area contributed by atoms with Crippen molar-refractivity contribution in [1.29, 1.82) is 0 Å². The molecular weight excluding hydrogens is 376 g/mol. The zero-order chi connectivity index (χ0) is 21.1. The van der Waals surface area contributed by atoms with Gasteiger partial charge in [-0.3, -0.25) is 4.79 Å². The van der Waals surface area contributed by atoms with E-state index < -0.39 is 0 Å². The van der Waals surface area contributed by atoms with E-state index in [0.29, 0.717) is 34.8 Å². The Hall–Kier alpha value is -3.60. The Morgan fingerprint density at radius 2 is 1.73 bits per heavy atom. The first-order chi connectivity index (χ1) is 14.5. The predicted molar refractivity (Wildman–Crippen MR) is 119 cm³/mol. The van der Waals surface area contributed by atoms with Gasteiger partial charge in [-0.2, -0.15) is 0 Å². The number of aryl methyl sites for hydroxylation is 2. The highest BCUT2D eigenvalue weighted by atomic mass is 16.5. The number of hydrogen-bond donors (Lipinski definition) is 1. The first-order valence-corrected chi connectivity index (χ1v) is 10.1. The van der Waals surface area contributed by atoms with E-state index in [0.717, 1.165) is 28.9 Å². The summed E-state index contributed by atoms with van der Waals surface area (Å²) in [7, 11) is 0. The Morgan fingerprint density at radius 3 is 2.43 bits per heavy atom. The highest BCUT2D eigenvalue weighted by molar-refractivity contribution is 6.05. The molecule has 0 saturated carbocycles. The second kappa shape index (κ2) is 8.41. The number of fused-ring (bicyclic) bond motifs is 1. The fourth-order valence-corrected chi connectivity index (χ4v) is 3.35. The summed E-state index contributed by atoms with van der Waals surface area (Å²) in [4.78, 5) is 17.2. The van der Waals surface area contributed by atoms with Crippen LogP contribution in [0.3, 0.4) is 0 Å². The van der Waals surface area contributed by atoms with E-state index in [2.05, 4.69) is 37.1 Å². The Labute approximate surface area is 175 Å². The normalized spacial score (nSPS) is 10.9. The summed E-state index contributed by atoms with van der Waals surface area (Å²) in [5.74, 6) is 1.15. The number of carbonyl (C=O) groups is 1. The van der Waals surface area contributed by atoms with Crippen LogP contribution in [0.5, 0.6) is 5.75 Å². The summed E-state index contributed by atoms with van der Waals surface area (Å²) in [5, 5.41) is 2.92. The zero-order valence-corrected chi connectivity index (χ0v) is 17.4. The molecule has 30 heavy (non-hydrogen) atoms. The molecule has 0 bridgehead atoms. The minimum Gasteiger partial charge on any atom is -0.494 e. The van der Waals surface area contributed by atoms with Gasteiger partial charge in [-0.1, -0.05) is 24.1 Å². The lowest BCUT2D eigenvalue weighted by Gasteiger charge is -2.07. The molecule has 0 atom stereocenters. The molecule has 1 aromatic heterocycles. The molecule has 3 aromatic carbocycles. The van der Waals surface area contributed by atoms with Gasteiger partial charge >= 0.3 is 0 Å². The number of oxazole rings is 1. The minimum atomic E-state index is -0.186. The molecule has 0 radical (unpaired) electrons. The zero-order valence-electron chi connectivity index (χ0n) is 17.4. The lowest BCUT2D eigenvalue weighted by molar-refractivity contribution is 0.102. The largest absolute Gasteiger partial charge is 0.494 e. The van der Waals surface area contributed by atoms with Crippen LogP contribution in [0.25, 0.3) is 22.6 Å². The van der Waals surface area contributed by atoms with Crippen molar-refractivity contribution in [3.63, 3.8) is 0 Å². The van der Waals surface area contributed by atoms with E-state index in [4.69, 9.17) is 9.15 Å². The van der Waals surface area contributed by atoms with Crippen LogP contribution in [0.2, 0.25) is 0 Å². The van der Waals surface area contributed by atoms with E-state index in [9.17, 15) is 4.79 Å². The summed E-state index contributed by atoms with van der Waals surface area (Å²) in [6, 6.07) is 18.8. The molecule has 5 nitrogen and oxygen atoms in total. The first kappa shape index (κ1) is 19.7. The van der Waals surface area contributed by atoms with E-state index in [1.807, 2.05) is 42.5 Å². The Morgan fingerprint density at radius 1 is 1.00 bits per heavy atom. The predicted octanol–water partition coefficient (Wildman–Crippen LogP) is 6.15. The Kier molecular flexibility index (Phi) is 5.53. The molecule has 0 unspecified atom stereocenters. The lowest BCUT2D eigenvalue weighted by atomic mass is 10.1. The lowest BCUT2D eigenvalue weighted by Crippen LogP contribution is -2.11. The topological polar surface area (TPSA) is 64.4 Å². The van der Waals surface area contributed by atoms with Gasteiger partial charge < -0.3 is 14.5 Å². The number of amides is 1. The molecule has 4 aromatic rings. The molecule has 5 heteroatoms. The maximum Gasteiger partial charge on any atom is 0.255 e. The molecule has 4 rings (SSSR count). The van der Waals surface area contributed by atoms with Crippen molar-refractivity contribution in [2.24, 2.45) is 0 Å². The van der Waals surface area contributed by atoms with Crippen molar-refractivity contribution in [3.05, 3.63) is 77.4 Å². The number of anilines is 1. The van der Waals surface area contributed by atoms with Gasteiger partial charge in [-0.05, 0) is 74.9 Å². The minimum absolute atomic E-state index is 0.186. The average Bonchev–Trinajstić information content (AvgIpc) is 3.15. The maximum atomic E-state index is 12.6. The molecule has 1 N–H and O–H groups in total. The number of rotatable bonds is 6. The molecule has 0 aliphatic rings. The van der Waals surface area contributed by atoms with Gasteiger partial charge in [0.2, 0.25) is 5.89 Å². The van der Waals surface area contributed by atoms with Crippen molar-refractivity contribution in [2.75, 3.05) is 11.9 Å². The van der Waals surface area contributed by atoms with Crippen LogP contribution < -0.4 is 10.1 Å². The van der Waals surface area contributed by atoms with Gasteiger partial charge in [0.15, 0.2) is 5.58 Å². The third kappa shape index (κ3) is 4.35. The van der Waals surface area contributed by atoms with Gasteiger partial charge in [0.05, 0.1) is 6.61 Å². The van der Waals surface area contributed by atoms with Crippen LogP contribution in [-0.2, 0) is 0 Å². The van der Waals surface area contributed by atoms with E-state index >= 15 is 0 Å². The molecular formula is C25H24N2O3. The highest BCUT2D eigenvalue weighted by Crippen LogP contribution is 2.27. The van der Waals surface area contributed by atoms with E-state index in [1.165, 1.54) is 0 Å². The molecule has 0 fully saturated rings. The van der Waals surface area contributed by atoms with Crippen LogP contribution in [0.4, 0.5) is 5.69 Å². The van der Waals surface area contributed by atoms with Gasteiger partial charge in [-0.25, -0.2) is 4.98 Å². The third-order valence-corrected chi connectivity index (χ3v) is 4.70. The number of hydrogen-bond acceptors (Lipinski definition) is 4. The summed E-state index contributed by atoms with van der Waals surface area (Å²) in [6.45, 7) is 6.82. The number of aromatic nitrogens is 1. The molecule has 0 aliphatic carbocycles. The van der Waals surface area contributed by atoms with Gasteiger partial charge in [0, 0.05) is 16.8 Å². The number of nitrogens with one attached hydrogen (secondary N) is 1. The van der Waals surface area contributed by atoms with Crippen LogP contribution in [0.15, 0.2) is 65.1 Å². The maximum absolute atomic E-state index is 12.6. The van der Waals surface area contributed by atoms with Crippen molar-refractivity contribution in [3.8, 4) is 17.2 Å². The first-order valence-electron chi connectivity index (χ1n) is 10.1. The third-order valence-electron chi connectivity index (χ3n) is 4.70. The smallest absolute Gasteiger partial charge is 0.255 e. The summed E-state index contributed by atoms with van der Waals surface area (Å²) >= 11 is 0.